The van der Waals surface area contributed by atoms with E-state index in [1.54, 1.807) is 12.4 Å². The minimum absolute atomic E-state index is 0.335. The molecule has 2 aromatic heterocycles. The third-order valence-electron chi connectivity index (χ3n) is 5.95. The summed E-state index contributed by atoms with van der Waals surface area (Å²) in [6.45, 7) is 4.54. The van der Waals surface area contributed by atoms with Gasteiger partial charge in [0.1, 0.15) is 17.8 Å². The molecule has 7 nitrogen and oxygen atoms in total. The fraction of sp³-hybridized carbons (Fsp3) is 0.500. The Labute approximate surface area is 171 Å². The topological polar surface area (TPSA) is 63.5 Å². The van der Waals surface area contributed by atoms with Gasteiger partial charge in [-0.2, -0.15) is 0 Å². The Balaban J connectivity index is 1.62. The lowest BCUT2D eigenvalue weighted by molar-refractivity contribution is 0.0601. The number of carbonyl (C=O) groups is 1. The van der Waals surface area contributed by atoms with Gasteiger partial charge >= 0.3 is 5.97 Å². The quantitative estimate of drug-likeness (QED) is 0.597. The van der Waals surface area contributed by atoms with Crippen LogP contribution in [0, 0.1) is 0 Å². The Morgan fingerprint density at radius 3 is 2.76 bits per heavy atom. The standard InChI is InChI=1S/C22H29N5O2/c1-25(10-7-13-27-11-5-4-6-12-27)20-19-17-9-8-16(22(28)29-3)14-18(17)26(2)21(19)24-15-23-20/h8-9,14-15H,4-7,10-13H2,1-3H3. The summed E-state index contributed by atoms with van der Waals surface area (Å²) in [7, 11) is 5.47. The monoisotopic (exact) mass is 395 g/mol. The number of aryl methyl sites for hydroxylation is 1. The smallest absolute Gasteiger partial charge is 0.337 e. The van der Waals surface area contributed by atoms with E-state index in [-0.39, 0.29) is 5.97 Å². The van der Waals surface area contributed by atoms with Crippen LogP contribution in [0.25, 0.3) is 21.9 Å². The van der Waals surface area contributed by atoms with Crippen LogP contribution in [0.1, 0.15) is 36.0 Å². The van der Waals surface area contributed by atoms with Crippen molar-refractivity contribution in [3.63, 3.8) is 0 Å². The van der Waals surface area contributed by atoms with Crippen molar-refractivity contribution in [3.8, 4) is 0 Å². The van der Waals surface area contributed by atoms with Crippen molar-refractivity contribution in [1.29, 1.82) is 0 Å². The van der Waals surface area contributed by atoms with E-state index < -0.39 is 0 Å². The van der Waals surface area contributed by atoms with Gasteiger partial charge in [-0.05, 0) is 51.0 Å². The maximum absolute atomic E-state index is 11.9. The summed E-state index contributed by atoms with van der Waals surface area (Å²) in [5, 5.41) is 2.08. The highest BCUT2D eigenvalue weighted by atomic mass is 16.5. The summed E-state index contributed by atoms with van der Waals surface area (Å²) in [5.41, 5.74) is 2.36. The number of carbonyl (C=O) groups excluding carboxylic acids is 1. The van der Waals surface area contributed by atoms with Crippen molar-refractivity contribution in [3.05, 3.63) is 30.1 Å². The van der Waals surface area contributed by atoms with Crippen molar-refractivity contribution < 1.29 is 9.53 Å². The zero-order valence-corrected chi connectivity index (χ0v) is 17.5. The number of nitrogens with zero attached hydrogens (tertiary/aromatic N) is 5. The van der Waals surface area contributed by atoms with Gasteiger partial charge in [0.05, 0.1) is 23.6 Å². The number of benzene rings is 1. The number of aromatic nitrogens is 3. The highest BCUT2D eigenvalue weighted by Gasteiger charge is 2.18. The van der Waals surface area contributed by atoms with E-state index in [9.17, 15) is 4.79 Å². The maximum atomic E-state index is 11.9. The van der Waals surface area contributed by atoms with Gasteiger partial charge in [0.15, 0.2) is 0 Å². The molecule has 1 fully saturated rings. The Kier molecular flexibility index (Phi) is 5.67. The van der Waals surface area contributed by atoms with Gasteiger partial charge in [0.25, 0.3) is 0 Å². The number of ether oxygens (including phenoxy) is 1. The number of likely N-dealkylation sites (tertiary alicyclic amines) is 1. The largest absolute Gasteiger partial charge is 0.465 e. The van der Waals surface area contributed by atoms with Crippen LogP contribution in [-0.2, 0) is 11.8 Å². The van der Waals surface area contributed by atoms with Gasteiger partial charge in [-0.15, -0.1) is 0 Å². The number of piperidine rings is 1. The molecule has 0 radical (unpaired) electrons. The molecule has 1 aliphatic heterocycles. The number of hydrogen-bond acceptors (Lipinski definition) is 6. The molecule has 154 valence electrons. The third kappa shape index (κ3) is 3.79. The second-order valence-corrected chi connectivity index (χ2v) is 7.86. The average Bonchev–Trinajstić information content (AvgIpc) is 3.05. The molecule has 7 heteroatoms. The van der Waals surface area contributed by atoms with Crippen molar-refractivity contribution in [2.24, 2.45) is 7.05 Å². The molecular formula is C22H29N5O2. The first-order valence-corrected chi connectivity index (χ1v) is 10.3. The lowest BCUT2D eigenvalue weighted by atomic mass is 10.1. The second-order valence-electron chi connectivity index (χ2n) is 7.86. The number of anilines is 1. The molecule has 0 aliphatic carbocycles. The Bertz CT molecular complexity index is 1020. The molecule has 0 amide bonds. The number of methoxy groups -OCH3 is 1. The van der Waals surface area contributed by atoms with Gasteiger partial charge in [0.2, 0.25) is 0 Å². The van der Waals surface area contributed by atoms with E-state index in [0.29, 0.717) is 5.56 Å². The van der Waals surface area contributed by atoms with Gasteiger partial charge in [-0.3, -0.25) is 0 Å². The summed E-state index contributed by atoms with van der Waals surface area (Å²) < 4.78 is 6.88. The first kappa shape index (κ1) is 19.6. The second kappa shape index (κ2) is 8.37. The normalized spacial score (nSPS) is 15.1. The van der Waals surface area contributed by atoms with Crippen LogP contribution in [0.15, 0.2) is 24.5 Å². The molecule has 0 spiro atoms. The zero-order chi connectivity index (χ0) is 20.4. The molecule has 29 heavy (non-hydrogen) atoms. The molecule has 1 aliphatic rings. The molecule has 3 heterocycles. The molecule has 0 unspecified atom stereocenters. The highest BCUT2D eigenvalue weighted by Crippen LogP contribution is 2.33. The molecule has 0 N–H and O–H groups in total. The molecule has 3 aromatic rings. The molecule has 4 rings (SSSR count). The predicted octanol–water partition coefficient (Wildman–Crippen LogP) is 3.22. The third-order valence-corrected chi connectivity index (χ3v) is 5.95. The minimum atomic E-state index is -0.335. The molecule has 1 saturated heterocycles. The molecule has 1 aromatic carbocycles. The molecule has 0 bridgehead atoms. The first-order chi connectivity index (χ1) is 14.1. The van der Waals surface area contributed by atoms with Gasteiger partial charge < -0.3 is 19.1 Å². The van der Waals surface area contributed by atoms with Crippen molar-refractivity contribution in [1.82, 2.24) is 19.4 Å². The summed E-state index contributed by atoms with van der Waals surface area (Å²) in [6.07, 6.45) is 6.75. The molecule has 0 atom stereocenters. The Morgan fingerprint density at radius 2 is 2.00 bits per heavy atom. The van der Waals surface area contributed by atoms with Gasteiger partial charge in [0, 0.05) is 26.0 Å². The van der Waals surface area contributed by atoms with Crippen LogP contribution in [0.3, 0.4) is 0 Å². The highest BCUT2D eigenvalue weighted by molar-refractivity contribution is 6.13. The van der Waals surface area contributed by atoms with Crippen LogP contribution >= 0.6 is 0 Å². The summed E-state index contributed by atoms with van der Waals surface area (Å²) in [6, 6.07) is 5.64. The number of hydrogen-bond donors (Lipinski definition) is 0. The summed E-state index contributed by atoms with van der Waals surface area (Å²) in [5.74, 6) is 0.600. The number of fused-ring (bicyclic) bond motifs is 3. The van der Waals surface area contributed by atoms with E-state index in [2.05, 4.69) is 26.8 Å². The van der Waals surface area contributed by atoms with E-state index in [1.807, 2.05) is 23.7 Å². The predicted molar refractivity (Wildman–Crippen MR) is 116 cm³/mol. The van der Waals surface area contributed by atoms with E-state index in [1.165, 1.54) is 39.5 Å². The lowest BCUT2D eigenvalue weighted by Gasteiger charge is -2.27. The summed E-state index contributed by atoms with van der Waals surface area (Å²) >= 11 is 0. The molecular weight excluding hydrogens is 366 g/mol. The summed E-state index contributed by atoms with van der Waals surface area (Å²) in [4.78, 5) is 25.8. The Morgan fingerprint density at radius 1 is 1.21 bits per heavy atom. The van der Waals surface area contributed by atoms with Crippen LogP contribution in [0.4, 0.5) is 5.82 Å². The van der Waals surface area contributed by atoms with Crippen molar-refractivity contribution in [2.45, 2.75) is 25.7 Å². The van der Waals surface area contributed by atoms with Crippen molar-refractivity contribution >= 4 is 33.7 Å². The first-order valence-electron chi connectivity index (χ1n) is 10.3. The zero-order valence-electron chi connectivity index (χ0n) is 17.5. The minimum Gasteiger partial charge on any atom is -0.465 e. The fourth-order valence-electron chi connectivity index (χ4n) is 4.35. The lowest BCUT2D eigenvalue weighted by Crippen LogP contribution is -2.32. The number of esters is 1. The van der Waals surface area contributed by atoms with E-state index in [4.69, 9.17) is 4.74 Å². The maximum Gasteiger partial charge on any atom is 0.337 e. The van der Waals surface area contributed by atoms with E-state index >= 15 is 0 Å². The number of rotatable bonds is 6. The van der Waals surface area contributed by atoms with Crippen molar-refractivity contribution in [2.75, 3.05) is 45.2 Å². The van der Waals surface area contributed by atoms with Gasteiger partial charge in [-0.1, -0.05) is 12.5 Å². The average molecular weight is 396 g/mol. The van der Waals surface area contributed by atoms with Crippen LogP contribution in [-0.4, -0.2) is 65.7 Å². The fourth-order valence-corrected chi connectivity index (χ4v) is 4.35. The van der Waals surface area contributed by atoms with Crippen LogP contribution in [0.5, 0.6) is 0 Å². The van der Waals surface area contributed by atoms with Crippen LogP contribution < -0.4 is 4.90 Å². The molecule has 0 saturated carbocycles. The van der Waals surface area contributed by atoms with Gasteiger partial charge in [-0.25, -0.2) is 14.8 Å². The Hall–Kier alpha value is -2.67. The van der Waals surface area contributed by atoms with E-state index in [0.717, 1.165) is 47.3 Å². The van der Waals surface area contributed by atoms with Crippen LogP contribution in [0.2, 0.25) is 0 Å². The SMILES string of the molecule is COC(=O)c1ccc2c3c(N(C)CCCN4CCCCC4)ncnc3n(C)c2c1.